The molecular weight excluding hydrogens is 261 g/mol. The minimum Gasteiger partial charge on any atom is -0.482 e. The first-order valence-electron chi connectivity index (χ1n) is 6.71. The van der Waals surface area contributed by atoms with Gasteiger partial charge < -0.3 is 14.4 Å². The molecule has 0 saturated carbocycles. The van der Waals surface area contributed by atoms with Crippen molar-refractivity contribution >= 4 is 0 Å². The third kappa shape index (κ3) is 2.38. The molecule has 1 N–H and O–H groups in total. The zero-order valence-corrected chi connectivity index (χ0v) is 11.0. The predicted molar refractivity (Wildman–Crippen MR) is 69.6 cm³/mol. The topological polar surface area (TPSA) is 60.2 Å². The van der Waals surface area contributed by atoms with Crippen LogP contribution in [-0.2, 0) is 26.2 Å². The van der Waals surface area contributed by atoms with Crippen LogP contribution in [0.2, 0.25) is 0 Å². The van der Waals surface area contributed by atoms with Crippen LogP contribution in [0.1, 0.15) is 30.1 Å². The van der Waals surface area contributed by atoms with E-state index in [2.05, 4.69) is 10.2 Å². The summed E-state index contributed by atoms with van der Waals surface area (Å²) in [5, 5.41) is 17.4. The highest BCUT2D eigenvalue weighted by Crippen LogP contribution is 2.24. The van der Waals surface area contributed by atoms with Crippen molar-refractivity contribution in [3.05, 3.63) is 41.2 Å². The van der Waals surface area contributed by atoms with Crippen LogP contribution in [0.4, 0.5) is 4.39 Å². The molecule has 0 atom stereocenters. The predicted octanol–water partition coefficient (Wildman–Crippen LogP) is 1.82. The minimum atomic E-state index is -0.477. The number of para-hydroxylation sites is 1. The van der Waals surface area contributed by atoms with Crippen molar-refractivity contribution in [1.82, 2.24) is 14.8 Å². The van der Waals surface area contributed by atoms with Gasteiger partial charge in [-0.15, -0.1) is 10.2 Å². The molecule has 6 heteroatoms. The van der Waals surface area contributed by atoms with Crippen LogP contribution in [-0.4, -0.2) is 19.9 Å². The van der Waals surface area contributed by atoms with E-state index >= 15 is 0 Å². The van der Waals surface area contributed by atoms with Gasteiger partial charge in [0.05, 0.1) is 6.61 Å². The monoisotopic (exact) mass is 277 g/mol. The van der Waals surface area contributed by atoms with Gasteiger partial charge in [0.1, 0.15) is 12.4 Å². The number of aliphatic hydroxyl groups excluding tert-OH is 1. The van der Waals surface area contributed by atoms with Crippen molar-refractivity contribution in [2.45, 2.75) is 39.0 Å². The average molecular weight is 277 g/mol. The fourth-order valence-electron chi connectivity index (χ4n) is 2.45. The first-order chi connectivity index (χ1) is 9.79. The lowest BCUT2D eigenvalue weighted by molar-refractivity contribution is 0.244. The molecule has 3 rings (SSSR count). The Labute approximate surface area is 116 Å². The van der Waals surface area contributed by atoms with Gasteiger partial charge in [-0.1, -0.05) is 12.1 Å². The van der Waals surface area contributed by atoms with Crippen LogP contribution in [0.3, 0.4) is 0 Å². The molecule has 0 spiro atoms. The maximum Gasteiger partial charge on any atom is 0.171 e. The van der Waals surface area contributed by atoms with E-state index < -0.39 is 5.82 Å². The molecule has 1 aliphatic rings. The minimum absolute atomic E-state index is 0.0863. The normalized spacial score (nSPS) is 14.1. The fourth-order valence-corrected chi connectivity index (χ4v) is 2.45. The third-order valence-electron chi connectivity index (χ3n) is 3.50. The van der Waals surface area contributed by atoms with E-state index in [1.54, 1.807) is 12.1 Å². The lowest BCUT2D eigenvalue weighted by atomic mass is 10.2. The van der Waals surface area contributed by atoms with E-state index in [0.29, 0.717) is 11.4 Å². The number of aryl methyl sites for hydroxylation is 1. The average Bonchev–Trinajstić information content (AvgIpc) is 2.89. The molecule has 0 amide bonds. The van der Waals surface area contributed by atoms with Crippen molar-refractivity contribution in [3.63, 3.8) is 0 Å². The summed E-state index contributed by atoms with van der Waals surface area (Å²) in [6.07, 6.45) is 3.15. The molecule has 1 aromatic carbocycles. The Hall–Kier alpha value is -1.95. The summed E-state index contributed by atoms with van der Waals surface area (Å²) in [6.45, 7) is 0.775. The van der Waals surface area contributed by atoms with Crippen molar-refractivity contribution in [3.8, 4) is 5.75 Å². The SMILES string of the molecule is OCc1cccc(F)c1OCc1nnc2n1CCCC2. The molecule has 0 radical (unpaired) electrons. The number of halogens is 1. The molecule has 20 heavy (non-hydrogen) atoms. The molecular formula is C14H16FN3O2. The number of nitrogens with zero attached hydrogens (tertiary/aromatic N) is 3. The summed E-state index contributed by atoms with van der Waals surface area (Å²) in [4.78, 5) is 0. The Bertz CT molecular complexity index is 612. The van der Waals surface area contributed by atoms with Crippen LogP contribution in [0, 0.1) is 5.82 Å². The molecule has 0 saturated heterocycles. The summed E-state index contributed by atoms with van der Waals surface area (Å²) in [5.41, 5.74) is 0.434. The first kappa shape index (κ1) is 13.1. The maximum atomic E-state index is 13.7. The Morgan fingerprint density at radius 3 is 3.05 bits per heavy atom. The second kappa shape index (κ2) is 5.58. The van der Waals surface area contributed by atoms with Gasteiger partial charge >= 0.3 is 0 Å². The zero-order valence-electron chi connectivity index (χ0n) is 11.0. The molecule has 0 aliphatic carbocycles. The number of rotatable bonds is 4. The molecule has 2 heterocycles. The summed E-state index contributed by atoms with van der Waals surface area (Å²) < 4.78 is 21.3. The summed E-state index contributed by atoms with van der Waals surface area (Å²) in [6, 6.07) is 4.50. The van der Waals surface area contributed by atoms with Gasteiger partial charge in [-0.3, -0.25) is 0 Å². The van der Waals surface area contributed by atoms with Crippen LogP contribution in [0.15, 0.2) is 18.2 Å². The number of aliphatic hydroxyl groups is 1. The largest absolute Gasteiger partial charge is 0.482 e. The van der Waals surface area contributed by atoms with Gasteiger partial charge in [-0.25, -0.2) is 4.39 Å². The van der Waals surface area contributed by atoms with E-state index in [1.807, 2.05) is 4.57 Å². The highest BCUT2D eigenvalue weighted by Gasteiger charge is 2.17. The highest BCUT2D eigenvalue weighted by molar-refractivity contribution is 5.34. The van der Waals surface area contributed by atoms with Crippen molar-refractivity contribution < 1.29 is 14.2 Å². The Balaban J connectivity index is 1.79. The molecule has 106 valence electrons. The van der Waals surface area contributed by atoms with E-state index in [-0.39, 0.29) is 19.0 Å². The smallest absolute Gasteiger partial charge is 0.171 e. The molecule has 1 aliphatic heterocycles. The lowest BCUT2D eigenvalue weighted by Gasteiger charge is -2.15. The van der Waals surface area contributed by atoms with Crippen LogP contribution < -0.4 is 4.74 Å². The molecule has 0 fully saturated rings. The molecule has 1 aromatic heterocycles. The van der Waals surface area contributed by atoms with Crippen molar-refractivity contribution in [2.24, 2.45) is 0 Å². The summed E-state index contributed by atoms with van der Waals surface area (Å²) in [7, 11) is 0. The number of hydrogen-bond acceptors (Lipinski definition) is 4. The second-order valence-electron chi connectivity index (χ2n) is 4.82. The fraction of sp³-hybridized carbons (Fsp3) is 0.429. The van der Waals surface area contributed by atoms with Gasteiger partial charge in [0.2, 0.25) is 0 Å². The van der Waals surface area contributed by atoms with Gasteiger partial charge in [-0.2, -0.15) is 0 Å². The van der Waals surface area contributed by atoms with Gasteiger partial charge in [0.25, 0.3) is 0 Å². The Kier molecular flexibility index (Phi) is 3.64. The summed E-state index contributed by atoms with van der Waals surface area (Å²) >= 11 is 0. The van der Waals surface area contributed by atoms with E-state index in [9.17, 15) is 9.50 Å². The van der Waals surface area contributed by atoms with Gasteiger partial charge in [-0.05, 0) is 18.9 Å². The number of fused-ring (bicyclic) bond motifs is 1. The van der Waals surface area contributed by atoms with Crippen molar-refractivity contribution in [1.29, 1.82) is 0 Å². The van der Waals surface area contributed by atoms with Crippen LogP contribution in [0.5, 0.6) is 5.75 Å². The second-order valence-corrected chi connectivity index (χ2v) is 4.82. The Morgan fingerprint density at radius 2 is 2.20 bits per heavy atom. The number of benzene rings is 1. The molecule has 5 nitrogen and oxygen atoms in total. The molecule has 2 aromatic rings. The number of aromatic nitrogens is 3. The number of ether oxygens (including phenoxy) is 1. The van der Waals surface area contributed by atoms with Gasteiger partial charge in [0, 0.05) is 18.5 Å². The molecule has 0 bridgehead atoms. The standard InChI is InChI=1S/C14H16FN3O2/c15-11-5-3-4-10(8-19)14(11)20-9-13-17-16-12-6-1-2-7-18(12)13/h3-5,19H,1-2,6-9H2. The summed E-state index contributed by atoms with van der Waals surface area (Å²) in [5.74, 6) is 1.27. The quantitative estimate of drug-likeness (QED) is 0.926. The van der Waals surface area contributed by atoms with E-state index in [0.717, 1.165) is 31.6 Å². The van der Waals surface area contributed by atoms with E-state index in [1.165, 1.54) is 6.07 Å². The lowest BCUT2D eigenvalue weighted by Crippen LogP contribution is -2.15. The molecule has 0 unspecified atom stereocenters. The number of hydrogen-bond donors (Lipinski definition) is 1. The van der Waals surface area contributed by atoms with E-state index in [4.69, 9.17) is 4.74 Å². The highest BCUT2D eigenvalue weighted by atomic mass is 19.1. The maximum absolute atomic E-state index is 13.7. The van der Waals surface area contributed by atoms with Crippen LogP contribution >= 0.6 is 0 Å². The third-order valence-corrected chi connectivity index (χ3v) is 3.50. The van der Waals surface area contributed by atoms with Gasteiger partial charge in [0.15, 0.2) is 17.4 Å². The van der Waals surface area contributed by atoms with Crippen LogP contribution in [0.25, 0.3) is 0 Å². The zero-order chi connectivity index (χ0) is 13.9. The Morgan fingerprint density at radius 1 is 1.30 bits per heavy atom. The van der Waals surface area contributed by atoms with Crippen molar-refractivity contribution in [2.75, 3.05) is 0 Å². The first-order valence-corrected chi connectivity index (χ1v) is 6.71.